The van der Waals surface area contributed by atoms with Crippen LogP contribution in [0.2, 0.25) is 0 Å². The number of ether oxygens (including phenoxy) is 1. The highest BCUT2D eigenvalue weighted by Crippen LogP contribution is 2.22. The van der Waals surface area contributed by atoms with E-state index in [-0.39, 0.29) is 12.5 Å². The number of nitrogens with zero attached hydrogens (tertiary/aromatic N) is 2. The predicted molar refractivity (Wildman–Crippen MR) is 112 cm³/mol. The van der Waals surface area contributed by atoms with Gasteiger partial charge in [-0.05, 0) is 49.4 Å². The Labute approximate surface area is 167 Å². The molecule has 3 aromatic rings. The molecule has 0 fully saturated rings. The number of aromatic nitrogens is 2. The lowest BCUT2D eigenvalue weighted by atomic mass is 9.99. The van der Waals surface area contributed by atoms with E-state index in [4.69, 9.17) is 4.74 Å². The van der Waals surface area contributed by atoms with E-state index in [1.165, 1.54) is 15.8 Å². The van der Waals surface area contributed by atoms with E-state index in [2.05, 4.69) is 43.2 Å². The van der Waals surface area contributed by atoms with Crippen molar-refractivity contribution < 1.29 is 9.53 Å². The minimum absolute atomic E-state index is 0.0323. The van der Waals surface area contributed by atoms with E-state index in [0.717, 1.165) is 29.8 Å². The third-order valence-corrected chi connectivity index (χ3v) is 5.32. The van der Waals surface area contributed by atoms with E-state index >= 15 is 0 Å². The van der Waals surface area contributed by atoms with E-state index in [1.54, 1.807) is 0 Å². The van der Waals surface area contributed by atoms with Gasteiger partial charge in [0.15, 0.2) is 6.61 Å². The summed E-state index contributed by atoms with van der Waals surface area (Å²) in [5.74, 6) is 1.06. The fourth-order valence-electron chi connectivity index (χ4n) is 3.31. The van der Waals surface area contributed by atoms with Crippen molar-refractivity contribution in [3.05, 3.63) is 82.7 Å². The fraction of sp³-hybridized carbons (Fsp3) is 0.333. The second-order valence-electron chi connectivity index (χ2n) is 7.28. The molecule has 3 rings (SSSR count). The van der Waals surface area contributed by atoms with Gasteiger partial charge in [-0.15, -0.1) is 0 Å². The lowest BCUT2D eigenvalue weighted by Crippen LogP contribution is -2.21. The zero-order valence-electron chi connectivity index (χ0n) is 17.1. The molecule has 0 saturated carbocycles. The van der Waals surface area contributed by atoms with Crippen LogP contribution < -0.4 is 4.74 Å². The van der Waals surface area contributed by atoms with Crippen LogP contribution in [0.3, 0.4) is 0 Å². The van der Waals surface area contributed by atoms with Crippen LogP contribution in [0.1, 0.15) is 59.1 Å². The van der Waals surface area contributed by atoms with Gasteiger partial charge < -0.3 is 4.74 Å². The Hall–Kier alpha value is -2.88. The van der Waals surface area contributed by atoms with Gasteiger partial charge in [-0.25, -0.2) is 4.68 Å². The van der Waals surface area contributed by atoms with Crippen molar-refractivity contribution >= 4 is 5.91 Å². The molecule has 1 aromatic heterocycles. The minimum Gasteiger partial charge on any atom is -0.484 e. The maximum Gasteiger partial charge on any atom is 0.284 e. The first-order chi connectivity index (χ1) is 13.5. The zero-order chi connectivity index (χ0) is 20.1. The molecular weight excluding hydrogens is 348 g/mol. The quantitative estimate of drug-likeness (QED) is 0.560. The Kier molecular flexibility index (Phi) is 6.30. The average molecular weight is 377 g/mol. The molecule has 1 unspecified atom stereocenters. The van der Waals surface area contributed by atoms with Crippen LogP contribution >= 0.6 is 0 Å². The fourth-order valence-corrected chi connectivity index (χ4v) is 3.31. The molecule has 2 aromatic carbocycles. The van der Waals surface area contributed by atoms with Gasteiger partial charge in [0, 0.05) is 17.7 Å². The SMILES string of the molecule is CCC(C)c1ccc(OCC(=O)n2nc(C)c(Cc3ccccc3)c2C)cc1. The summed E-state index contributed by atoms with van der Waals surface area (Å²) in [6.07, 6.45) is 1.87. The molecular formula is C24H28N2O2. The molecule has 0 saturated heterocycles. The first-order valence-corrected chi connectivity index (χ1v) is 9.84. The average Bonchev–Trinajstić information content (AvgIpc) is 3.01. The van der Waals surface area contributed by atoms with Crippen molar-refractivity contribution in [2.24, 2.45) is 0 Å². The highest BCUT2D eigenvalue weighted by Gasteiger charge is 2.17. The van der Waals surface area contributed by atoms with Gasteiger partial charge in [0.1, 0.15) is 5.75 Å². The van der Waals surface area contributed by atoms with Gasteiger partial charge in [0.05, 0.1) is 5.69 Å². The second-order valence-corrected chi connectivity index (χ2v) is 7.28. The zero-order valence-corrected chi connectivity index (χ0v) is 17.1. The van der Waals surface area contributed by atoms with Crippen molar-refractivity contribution in [2.75, 3.05) is 6.61 Å². The van der Waals surface area contributed by atoms with Crippen molar-refractivity contribution in [3.63, 3.8) is 0 Å². The second kappa shape index (κ2) is 8.87. The van der Waals surface area contributed by atoms with Crippen molar-refractivity contribution in [1.29, 1.82) is 0 Å². The van der Waals surface area contributed by atoms with Crippen LogP contribution in [-0.2, 0) is 6.42 Å². The summed E-state index contributed by atoms with van der Waals surface area (Å²) < 4.78 is 7.18. The maximum atomic E-state index is 12.7. The smallest absolute Gasteiger partial charge is 0.284 e. The summed E-state index contributed by atoms with van der Waals surface area (Å²) in [5, 5.41) is 4.45. The molecule has 0 amide bonds. The number of benzene rings is 2. The molecule has 4 heteroatoms. The van der Waals surface area contributed by atoms with Crippen molar-refractivity contribution in [3.8, 4) is 5.75 Å². The topological polar surface area (TPSA) is 44.1 Å². The Morgan fingerprint density at radius 2 is 1.75 bits per heavy atom. The van der Waals surface area contributed by atoms with Gasteiger partial charge in [-0.1, -0.05) is 56.3 Å². The summed E-state index contributed by atoms with van der Waals surface area (Å²) >= 11 is 0. The molecule has 4 nitrogen and oxygen atoms in total. The van der Waals surface area contributed by atoms with Crippen molar-refractivity contribution in [2.45, 2.75) is 46.5 Å². The number of rotatable bonds is 7. The number of hydrogen-bond donors (Lipinski definition) is 0. The first-order valence-electron chi connectivity index (χ1n) is 9.84. The van der Waals surface area contributed by atoms with Gasteiger partial charge in [-0.2, -0.15) is 5.10 Å². The molecule has 0 aliphatic carbocycles. The number of carbonyl (C=O) groups is 1. The Morgan fingerprint density at radius 1 is 1.07 bits per heavy atom. The largest absolute Gasteiger partial charge is 0.484 e. The maximum absolute atomic E-state index is 12.7. The van der Waals surface area contributed by atoms with Gasteiger partial charge >= 0.3 is 0 Å². The molecule has 146 valence electrons. The monoisotopic (exact) mass is 376 g/mol. The van der Waals surface area contributed by atoms with Gasteiger partial charge in [-0.3, -0.25) is 4.79 Å². The lowest BCUT2D eigenvalue weighted by molar-refractivity contribution is 0.0818. The standard InChI is InChI=1S/C24H28N2O2/c1-5-17(2)21-11-13-22(14-12-21)28-16-24(27)26-19(4)23(18(3)25-26)15-20-9-7-6-8-10-20/h6-14,17H,5,15-16H2,1-4H3. The van der Waals surface area contributed by atoms with Gasteiger partial charge in [0.2, 0.25) is 0 Å². The number of hydrogen-bond acceptors (Lipinski definition) is 3. The first kappa shape index (κ1) is 19.9. The Morgan fingerprint density at radius 3 is 2.39 bits per heavy atom. The summed E-state index contributed by atoms with van der Waals surface area (Å²) in [5.41, 5.74) is 5.34. The van der Waals surface area contributed by atoms with Crippen LogP contribution in [0, 0.1) is 13.8 Å². The Bertz CT molecular complexity index is 927. The molecule has 0 aliphatic heterocycles. The van der Waals surface area contributed by atoms with Gasteiger partial charge in [0.25, 0.3) is 5.91 Å². The number of carbonyl (C=O) groups excluding carboxylic acids is 1. The highest BCUT2D eigenvalue weighted by molar-refractivity contribution is 5.80. The summed E-state index contributed by atoms with van der Waals surface area (Å²) in [7, 11) is 0. The molecule has 0 radical (unpaired) electrons. The van der Waals surface area contributed by atoms with E-state index in [0.29, 0.717) is 11.7 Å². The normalized spacial score (nSPS) is 12.0. The molecule has 1 atom stereocenters. The van der Waals surface area contributed by atoms with E-state index in [9.17, 15) is 4.79 Å². The number of aryl methyl sites for hydroxylation is 1. The van der Waals surface area contributed by atoms with E-state index in [1.807, 2.05) is 44.2 Å². The minimum atomic E-state index is -0.161. The molecule has 0 N–H and O–H groups in total. The molecule has 0 spiro atoms. The van der Waals surface area contributed by atoms with Crippen LogP contribution in [-0.4, -0.2) is 22.3 Å². The van der Waals surface area contributed by atoms with Crippen LogP contribution in [0.15, 0.2) is 54.6 Å². The summed E-state index contributed by atoms with van der Waals surface area (Å²) in [6, 6.07) is 18.2. The van der Waals surface area contributed by atoms with Crippen LogP contribution in [0.25, 0.3) is 0 Å². The lowest BCUT2D eigenvalue weighted by Gasteiger charge is -2.11. The molecule has 0 aliphatic rings. The highest BCUT2D eigenvalue weighted by atomic mass is 16.5. The molecule has 28 heavy (non-hydrogen) atoms. The predicted octanol–water partition coefficient (Wildman–Crippen LogP) is 5.32. The van der Waals surface area contributed by atoms with Crippen molar-refractivity contribution in [1.82, 2.24) is 9.78 Å². The summed E-state index contributed by atoms with van der Waals surface area (Å²) in [4.78, 5) is 12.7. The van der Waals surface area contributed by atoms with Crippen LogP contribution in [0.4, 0.5) is 0 Å². The van der Waals surface area contributed by atoms with Crippen LogP contribution in [0.5, 0.6) is 5.75 Å². The van der Waals surface area contributed by atoms with E-state index < -0.39 is 0 Å². The Balaban J connectivity index is 1.67. The summed E-state index contributed by atoms with van der Waals surface area (Å²) in [6.45, 7) is 8.24. The third-order valence-electron chi connectivity index (χ3n) is 5.32. The molecule has 0 bridgehead atoms. The molecule has 1 heterocycles. The third kappa shape index (κ3) is 4.50.